The highest BCUT2D eigenvalue weighted by molar-refractivity contribution is 5.81. The van der Waals surface area contributed by atoms with Gasteiger partial charge in [0.25, 0.3) is 0 Å². The molecule has 0 aliphatic carbocycles. The minimum atomic E-state index is -1.32. The van der Waals surface area contributed by atoms with E-state index in [9.17, 15) is 14.7 Å². The van der Waals surface area contributed by atoms with Crippen LogP contribution in [0.25, 0.3) is 0 Å². The summed E-state index contributed by atoms with van der Waals surface area (Å²) in [6, 6.07) is 4.08. The predicted molar refractivity (Wildman–Crippen MR) is 58.9 cm³/mol. The van der Waals surface area contributed by atoms with Crippen LogP contribution >= 0.6 is 0 Å². The number of aliphatic carboxylic acids is 1. The Kier molecular flexibility index (Phi) is 3.36. The fourth-order valence-electron chi connectivity index (χ4n) is 1.74. The number of hydrogen-bond donors (Lipinski definition) is 1. The van der Waals surface area contributed by atoms with E-state index in [0.29, 0.717) is 11.5 Å². The van der Waals surface area contributed by atoms with E-state index in [2.05, 4.69) is 5.32 Å². The molecule has 96 valence electrons. The molecule has 0 fully saturated rings. The molecule has 0 spiro atoms. The Hall–Kier alpha value is -2.24. The van der Waals surface area contributed by atoms with Gasteiger partial charge in [0.05, 0.1) is 12.0 Å². The molecule has 1 aromatic carbocycles. The van der Waals surface area contributed by atoms with Crippen molar-refractivity contribution in [1.29, 1.82) is 0 Å². The van der Waals surface area contributed by atoms with Gasteiger partial charge in [0.15, 0.2) is 11.5 Å². The van der Waals surface area contributed by atoms with E-state index in [1.54, 1.807) is 18.2 Å². The molecule has 1 aliphatic rings. The van der Waals surface area contributed by atoms with E-state index in [0.717, 1.165) is 5.56 Å². The molecule has 0 saturated heterocycles. The molecular formula is C12H12NO5-. The molecule has 1 aromatic rings. The summed E-state index contributed by atoms with van der Waals surface area (Å²) in [5, 5.41) is 13.2. The fraction of sp³-hybridized carbons (Fsp3) is 0.333. The third-order valence-corrected chi connectivity index (χ3v) is 2.54. The Morgan fingerprint density at radius 1 is 1.39 bits per heavy atom. The highest BCUT2D eigenvalue weighted by Gasteiger charge is 2.16. The van der Waals surface area contributed by atoms with Crippen molar-refractivity contribution < 1.29 is 24.2 Å². The van der Waals surface area contributed by atoms with Crippen LogP contribution in [0, 0.1) is 0 Å². The van der Waals surface area contributed by atoms with Gasteiger partial charge in [0.1, 0.15) is 0 Å². The van der Waals surface area contributed by atoms with Crippen molar-refractivity contribution in [2.75, 3.05) is 6.79 Å². The van der Waals surface area contributed by atoms with Gasteiger partial charge in [-0.15, -0.1) is 0 Å². The van der Waals surface area contributed by atoms with E-state index >= 15 is 0 Å². The Bertz CT molecular complexity index is 485. The maximum Gasteiger partial charge on any atom is 0.231 e. The molecule has 1 N–H and O–H groups in total. The average Bonchev–Trinajstić information content (AvgIpc) is 2.74. The minimum absolute atomic E-state index is 0.137. The summed E-state index contributed by atoms with van der Waals surface area (Å²) >= 11 is 0. The van der Waals surface area contributed by atoms with Crippen LogP contribution in [0.15, 0.2) is 18.2 Å². The van der Waals surface area contributed by atoms with Gasteiger partial charge in [0.2, 0.25) is 12.7 Å². The lowest BCUT2D eigenvalue weighted by Crippen LogP contribution is -2.48. The van der Waals surface area contributed by atoms with Gasteiger partial charge in [-0.25, -0.2) is 0 Å². The van der Waals surface area contributed by atoms with Gasteiger partial charge >= 0.3 is 0 Å². The van der Waals surface area contributed by atoms with Crippen LogP contribution in [0.4, 0.5) is 0 Å². The third kappa shape index (κ3) is 2.71. The summed E-state index contributed by atoms with van der Waals surface area (Å²) in [6.07, 6.45) is 0.137. The number of amides is 1. The van der Waals surface area contributed by atoms with Crippen molar-refractivity contribution in [2.24, 2.45) is 0 Å². The number of ether oxygens (including phenoxy) is 2. The molecule has 0 radical (unpaired) electrons. The molecule has 2 rings (SSSR count). The lowest BCUT2D eigenvalue weighted by atomic mass is 10.1. The zero-order valence-electron chi connectivity index (χ0n) is 9.76. The summed E-state index contributed by atoms with van der Waals surface area (Å²) in [6.45, 7) is 1.42. The first-order valence-electron chi connectivity index (χ1n) is 5.43. The number of carbonyl (C=O) groups is 2. The zero-order valence-corrected chi connectivity index (χ0v) is 9.76. The largest absolute Gasteiger partial charge is 0.548 e. The van der Waals surface area contributed by atoms with Gasteiger partial charge in [-0.05, 0) is 24.1 Å². The molecule has 6 nitrogen and oxygen atoms in total. The van der Waals surface area contributed by atoms with Gasteiger partial charge in [-0.3, -0.25) is 4.79 Å². The van der Waals surface area contributed by atoms with E-state index in [1.165, 1.54) is 6.92 Å². The van der Waals surface area contributed by atoms with Gasteiger partial charge < -0.3 is 24.7 Å². The highest BCUT2D eigenvalue weighted by atomic mass is 16.7. The summed E-state index contributed by atoms with van der Waals surface area (Å²) in [4.78, 5) is 21.8. The summed E-state index contributed by atoms with van der Waals surface area (Å²) in [7, 11) is 0. The van der Waals surface area contributed by atoms with Crippen LogP contribution < -0.4 is 19.9 Å². The molecule has 1 heterocycles. The summed E-state index contributed by atoms with van der Waals surface area (Å²) in [5.41, 5.74) is 0.724. The van der Waals surface area contributed by atoms with E-state index in [-0.39, 0.29) is 13.2 Å². The second-order valence-corrected chi connectivity index (χ2v) is 3.96. The lowest BCUT2D eigenvalue weighted by Gasteiger charge is -2.18. The first-order chi connectivity index (χ1) is 8.56. The molecule has 1 atom stereocenters. The standard InChI is InChI=1S/C12H13NO5/c1-7(14)13-9(12(15)16)4-8-2-3-10-11(5-8)18-6-17-10/h2-3,5,9H,4,6H2,1H3,(H,13,14)(H,15,16)/p-1/t9-/m1/s1. The number of nitrogens with one attached hydrogen (secondary N) is 1. The van der Waals surface area contributed by atoms with Crippen LogP contribution in [0.1, 0.15) is 12.5 Å². The van der Waals surface area contributed by atoms with E-state index in [1.807, 2.05) is 0 Å². The number of carboxylic acid groups (broad SMARTS) is 1. The molecule has 1 aliphatic heterocycles. The van der Waals surface area contributed by atoms with Gasteiger partial charge in [0, 0.05) is 6.92 Å². The highest BCUT2D eigenvalue weighted by Crippen LogP contribution is 2.32. The average molecular weight is 250 g/mol. The normalized spacial score (nSPS) is 14.1. The minimum Gasteiger partial charge on any atom is -0.548 e. The van der Waals surface area contributed by atoms with Crippen molar-refractivity contribution >= 4 is 11.9 Å². The fourth-order valence-corrected chi connectivity index (χ4v) is 1.74. The zero-order chi connectivity index (χ0) is 13.1. The Morgan fingerprint density at radius 2 is 2.11 bits per heavy atom. The third-order valence-electron chi connectivity index (χ3n) is 2.54. The molecule has 0 bridgehead atoms. The number of benzene rings is 1. The number of fused-ring (bicyclic) bond motifs is 1. The Labute approximate surface area is 104 Å². The van der Waals surface area contributed by atoms with Crippen LogP contribution in [0.5, 0.6) is 11.5 Å². The molecule has 0 aromatic heterocycles. The predicted octanol–water partition coefficient (Wildman–Crippen LogP) is -0.788. The molecule has 1 amide bonds. The van der Waals surface area contributed by atoms with Crippen LogP contribution in [-0.4, -0.2) is 24.7 Å². The van der Waals surface area contributed by atoms with Crippen molar-refractivity contribution in [2.45, 2.75) is 19.4 Å². The number of carbonyl (C=O) groups excluding carboxylic acids is 2. The molecular weight excluding hydrogens is 238 g/mol. The first kappa shape index (κ1) is 12.2. The molecule has 0 unspecified atom stereocenters. The number of rotatable bonds is 4. The maximum absolute atomic E-state index is 10.9. The Balaban J connectivity index is 2.11. The molecule has 18 heavy (non-hydrogen) atoms. The van der Waals surface area contributed by atoms with E-state index < -0.39 is 17.9 Å². The summed E-state index contributed by atoms with van der Waals surface area (Å²) < 4.78 is 10.3. The number of carboxylic acids is 1. The second-order valence-electron chi connectivity index (χ2n) is 3.96. The molecule has 0 saturated carbocycles. The maximum atomic E-state index is 10.9. The van der Waals surface area contributed by atoms with Crippen LogP contribution in [0.3, 0.4) is 0 Å². The van der Waals surface area contributed by atoms with Gasteiger partial charge in [-0.2, -0.15) is 0 Å². The smallest absolute Gasteiger partial charge is 0.231 e. The summed E-state index contributed by atoms with van der Waals surface area (Å²) in [5.74, 6) is -0.525. The monoisotopic (exact) mass is 250 g/mol. The van der Waals surface area contributed by atoms with Crippen LogP contribution in [-0.2, 0) is 16.0 Å². The van der Waals surface area contributed by atoms with Crippen molar-refractivity contribution in [3.8, 4) is 11.5 Å². The first-order valence-corrected chi connectivity index (χ1v) is 5.43. The number of hydrogen-bond acceptors (Lipinski definition) is 5. The second kappa shape index (κ2) is 4.95. The topological polar surface area (TPSA) is 87.7 Å². The van der Waals surface area contributed by atoms with Crippen molar-refractivity contribution in [3.05, 3.63) is 23.8 Å². The quantitative estimate of drug-likeness (QED) is 0.756. The Morgan fingerprint density at radius 3 is 2.78 bits per heavy atom. The van der Waals surface area contributed by atoms with E-state index in [4.69, 9.17) is 9.47 Å². The van der Waals surface area contributed by atoms with Crippen molar-refractivity contribution in [3.63, 3.8) is 0 Å². The lowest BCUT2D eigenvalue weighted by molar-refractivity contribution is -0.308. The molecule has 6 heteroatoms. The van der Waals surface area contributed by atoms with Gasteiger partial charge in [-0.1, -0.05) is 6.07 Å². The van der Waals surface area contributed by atoms with Crippen LogP contribution in [0.2, 0.25) is 0 Å². The van der Waals surface area contributed by atoms with Crippen molar-refractivity contribution in [1.82, 2.24) is 5.32 Å². The SMILES string of the molecule is CC(=O)N[C@H](Cc1ccc2c(c1)OCO2)C(=O)[O-].